The average Bonchev–Trinajstić information content (AvgIpc) is 3.31. The van der Waals surface area contributed by atoms with E-state index in [2.05, 4.69) is 26.8 Å². The van der Waals surface area contributed by atoms with Crippen molar-refractivity contribution in [1.29, 1.82) is 0 Å². The van der Waals surface area contributed by atoms with Gasteiger partial charge in [-0.25, -0.2) is 4.39 Å². The lowest BCUT2D eigenvalue weighted by Crippen LogP contribution is -2.34. The van der Waals surface area contributed by atoms with Gasteiger partial charge >= 0.3 is 0 Å². The molecule has 2 aromatic heterocycles. The predicted molar refractivity (Wildman–Crippen MR) is 108 cm³/mol. The third-order valence-corrected chi connectivity index (χ3v) is 6.48. The number of hydrogen-bond donors (Lipinski definition) is 1. The average molecular weight is 402 g/mol. The van der Waals surface area contributed by atoms with Crippen molar-refractivity contribution in [3.8, 4) is 0 Å². The highest BCUT2D eigenvalue weighted by atomic mass is 32.1. The second kappa shape index (κ2) is 8.41. The Kier molecular flexibility index (Phi) is 5.73. The van der Waals surface area contributed by atoms with Gasteiger partial charge in [0.25, 0.3) is 0 Å². The predicted octanol–water partition coefficient (Wildman–Crippen LogP) is 4.09. The maximum Gasteiger partial charge on any atom is 0.217 e. The van der Waals surface area contributed by atoms with E-state index < -0.39 is 0 Å². The number of amides is 1. The number of halogens is 1. The summed E-state index contributed by atoms with van der Waals surface area (Å²) in [5.41, 5.74) is 2.71. The largest absolute Gasteiger partial charge is 0.356 e. The summed E-state index contributed by atoms with van der Waals surface area (Å²) < 4.78 is 18.7. The number of likely N-dealkylation sites (tertiary alicyclic amines) is 1. The van der Waals surface area contributed by atoms with Crippen molar-refractivity contribution in [3.63, 3.8) is 0 Å². The van der Waals surface area contributed by atoms with Crippen LogP contribution in [0.4, 0.5) is 4.39 Å². The summed E-state index contributed by atoms with van der Waals surface area (Å²) in [7, 11) is 0. The molecule has 1 aromatic carbocycles. The highest BCUT2D eigenvalue weighted by Gasteiger charge is 2.25. The molecule has 1 N–H and O–H groups in total. The molecule has 148 valence electrons. The number of aromatic nitrogens is 1. The van der Waals surface area contributed by atoms with Gasteiger partial charge in [-0.2, -0.15) is 0 Å². The zero-order valence-electron chi connectivity index (χ0n) is 15.9. The first-order valence-corrected chi connectivity index (χ1v) is 10.5. The van der Waals surface area contributed by atoms with Crippen LogP contribution < -0.4 is 5.32 Å². The molecule has 4 rings (SSSR count). The summed E-state index contributed by atoms with van der Waals surface area (Å²) in [4.78, 5) is 15.0. The molecule has 7 heteroatoms. The summed E-state index contributed by atoms with van der Waals surface area (Å²) in [5, 5.41) is 10.1. The number of hydrogen-bond acceptors (Lipinski definition) is 5. The third-order valence-electron chi connectivity index (χ3n) is 5.46. The zero-order chi connectivity index (χ0) is 19.5. The minimum Gasteiger partial charge on any atom is -0.356 e. The van der Waals surface area contributed by atoms with Crippen LogP contribution in [-0.4, -0.2) is 35.6 Å². The number of benzene rings is 1. The van der Waals surface area contributed by atoms with Crippen LogP contribution in [0.5, 0.6) is 0 Å². The minimum atomic E-state index is -0.295. The Morgan fingerprint density at radius 2 is 2.18 bits per heavy atom. The van der Waals surface area contributed by atoms with Crippen molar-refractivity contribution in [2.75, 3.05) is 19.6 Å². The van der Waals surface area contributed by atoms with Crippen LogP contribution in [0.25, 0.3) is 11.0 Å². The van der Waals surface area contributed by atoms with Crippen LogP contribution in [0, 0.1) is 5.82 Å². The molecule has 1 fully saturated rings. The van der Waals surface area contributed by atoms with Gasteiger partial charge in [-0.1, -0.05) is 5.16 Å². The van der Waals surface area contributed by atoms with E-state index in [-0.39, 0.29) is 11.7 Å². The van der Waals surface area contributed by atoms with E-state index in [0.717, 1.165) is 50.0 Å². The number of carbonyl (C=O) groups is 1. The summed E-state index contributed by atoms with van der Waals surface area (Å²) in [6.07, 6.45) is 3.06. The standard InChI is InChI=1S/C21H24FN3O2S/c1-14(26)23-13-16-7-11-28-20(16)6-10-25-8-4-15(5-9-25)21-18-3-2-17(22)12-19(18)27-24-21/h2-3,7,11-12,15H,4-6,8-10,13H2,1H3,(H,23,26). The van der Waals surface area contributed by atoms with Gasteiger partial charge in [0.05, 0.1) is 5.69 Å². The third kappa shape index (κ3) is 4.25. The van der Waals surface area contributed by atoms with E-state index in [1.54, 1.807) is 24.3 Å². The fourth-order valence-electron chi connectivity index (χ4n) is 3.88. The molecule has 0 bridgehead atoms. The molecule has 3 heterocycles. The first-order chi connectivity index (χ1) is 13.6. The number of carbonyl (C=O) groups excluding carboxylic acids is 1. The second-order valence-electron chi connectivity index (χ2n) is 7.35. The summed E-state index contributed by atoms with van der Waals surface area (Å²) in [6.45, 7) is 5.21. The maximum absolute atomic E-state index is 13.3. The minimum absolute atomic E-state index is 0.00217. The molecule has 3 aromatic rings. The van der Waals surface area contributed by atoms with E-state index in [0.29, 0.717) is 18.0 Å². The summed E-state index contributed by atoms with van der Waals surface area (Å²) in [6, 6.07) is 6.75. The summed E-state index contributed by atoms with van der Waals surface area (Å²) >= 11 is 1.76. The number of piperidine rings is 1. The first kappa shape index (κ1) is 19.1. The molecule has 0 unspecified atom stereocenters. The molecule has 1 saturated heterocycles. The van der Waals surface area contributed by atoms with E-state index in [1.165, 1.54) is 22.6 Å². The highest BCUT2D eigenvalue weighted by Crippen LogP contribution is 2.33. The van der Waals surface area contributed by atoms with Crippen molar-refractivity contribution in [2.24, 2.45) is 0 Å². The fraction of sp³-hybridized carbons (Fsp3) is 0.429. The van der Waals surface area contributed by atoms with Crippen molar-refractivity contribution in [1.82, 2.24) is 15.4 Å². The van der Waals surface area contributed by atoms with Crippen LogP contribution in [0.3, 0.4) is 0 Å². The molecular formula is C21H24FN3O2S. The van der Waals surface area contributed by atoms with Crippen LogP contribution in [0.15, 0.2) is 34.2 Å². The highest BCUT2D eigenvalue weighted by molar-refractivity contribution is 7.10. The Labute approximate surface area is 167 Å². The van der Waals surface area contributed by atoms with Gasteiger partial charge < -0.3 is 14.7 Å². The molecule has 0 radical (unpaired) electrons. The second-order valence-corrected chi connectivity index (χ2v) is 8.35. The van der Waals surface area contributed by atoms with Gasteiger partial charge in [0, 0.05) is 42.3 Å². The first-order valence-electron chi connectivity index (χ1n) is 9.67. The van der Waals surface area contributed by atoms with Gasteiger partial charge in [0.2, 0.25) is 5.91 Å². The molecule has 1 aliphatic heterocycles. The molecule has 0 spiro atoms. The topological polar surface area (TPSA) is 58.4 Å². The SMILES string of the molecule is CC(=O)NCc1ccsc1CCN1CCC(c2noc3cc(F)ccc23)CC1. The monoisotopic (exact) mass is 401 g/mol. The molecule has 0 aliphatic carbocycles. The quantitative estimate of drug-likeness (QED) is 0.676. The van der Waals surface area contributed by atoms with E-state index in [1.807, 2.05) is 0 Å². The van der Waals surface area contributed by atoms with Crippen molar-refractivity contribution < 1.29 is 13.7 Å². The van der Waals surface area contributed by atoms with Gasteiger partial charge in [0.1, 0.15) is 5.82 Å². The Morgan fingerprint density at radius 1 is 1.36 bits per heavy atom. The Balaban J connectivity index is 1.31. The summed E-state index contributed by atoms with van der Waals surface area (Å²) in [5.74, 6) is 0.0684. The fourth-order valence-corrected chi connectivity index (χ4v) is 4.78. The number of nitrogens with zero attached hydrogens (tertiary/aromatic N) is 2. The molecule has 28 heavy (non-hydrogen) atoms. The van der Waals surface area contributed by atoms with Crippen LogP contribution in [0.2, 0.25) is 0 Å². The van der Waals surface area contributed by atoms with Crippen molar-refractivity contribution in [2.45, 2.75) is 38.6 Å². The lowest BCUT2D eigenvalue weighted by Gasteiger charge is -2.31. The number of rotatable bonds is 6. The molecule has 5 nitrogen and oxygen atoms in total. The van der Waals surface area contributed by atoms with Gasteiger partial charge in [-0.05, 0) is 61.5 Å². The molecule has 0 saturated carbocycles. The molecule has 1 aliphatic rings. The smallest absolute Gasteiger partial charge is 0.217 e. The van der Waals surface area contributed by atoms with Gasteiger partial charge in [-0.3, -0.25) is 4.79 Å². The lowest BCUT2D eigenvalue weighted by molar-refractivity contribution is -0.119. The molecular weight excluding hydrogens is 377 g/mol. The Bertz CT molecular complexity index is 960. The lowest BCUT2D eigenvalue weighted by atomic mass is 9.91. The van der Waals surface area contributed by atoms with Crippen LogP contribution >= 0.6 is 11.3 Å². The Hall–Kier alpha value is -2.25. The molecule has 1 amide bonds. The van der Waals surface area contributed by atoms with Crippen molar-refractivity contribution >= 4 is 28.2 Å². The van der Waals surface area contributed by atoms with Crippen LogP contribution in [-0.2, 0) is 17.8 Å². The zero-order valence-corrected chi connectivity index (χ0v) is 16.7. The maximum atomic E-state index is 13.3. The van der Waals surface area contributed by atoms with Crippen molar-refractivity contribution in [3.05, 3.63) is 51.6 Å². The van der Waals surface area contributed by atoms with Crippen LogP contribution in [0.1, 0.15) is 41.8 Å². The van der Waals surface area contributed by atoms with E-state index in [9.17, 15) is 9.18 Å². The number of thiophene rings is 1. The van der Waals surface area contributed by atoms with Gasteiger partial charge in [-0.15, -0.1) is 11.3 Å². The normalized spacial score (nSPS) is 15.9. The van der Waals surface area contributed by atoms with E-state index >= 15 is 0 Å². The Morgan fingerprint density at radius 3 is 2.96 bits per heavy atom. The number of fused-ring (bicyclic) bond motifs is 1. The van der Waals surface area contributed by atoms with Gasteiger partial charge in [0.15, 0.2) is 5.58 Å². The number of nitrogens with one attached hydrogen (secondary N) is 1. The van der Waals surface area contributed by atoms with E-state index in [4.69, 9.17) is 4.52 Å². The molecule has 0 atom stereocenters.